The van der Waals surface area contributed by atoms with Crippen LogP contribution >= 0.6 is 0 Å². The van der Waals surface area contributed by atoms with Crippen molar-refractivity contribution in [2.75, 3.05) is 13.4 Å². The van der Waals surface area contributed by atoms with Crippen molar-refractivity contribution < 1.29 is 17.9 Å². The summed E-state index contributed by atoms with van der Waals surface area (Å²) in [5, 5.41) is 0. The zero-order valence-corrected chi connectivity index (χ0v) is 14.4. The molecule has 1 rings (SSSR count). The fraction of sp³-hybridized carbons (Fsp3) is 0.625. The molecule has 1 aromatic rings. The Morgan fingerprint density at radius 2 is 1.76 bits per heavy atom. The fourth-order valence-electron chi connectivity index (χ4n) is 1.97. The molecule has 1 unspecified atom stereocenters. The van der Waals surface area contributed by atoms with Crippen LogP contribution in [0.25, 0.3) is 0 Å². The smallest absolute Gasteiger partial charge is 0.175 e. The molecule has 0 spiro atoms. The van der Waals surface area contributed by atoms with E-state index in [4.69, 9.17) is 9.47 Å². The molecule has 0 aromatic heterocycles. The quantitative estimate of drug-likeness (QED) is 0.737. The van der Waals surface area contributed by atoms with E-state index in [0.717, 1.165) is 19.3 Å². The third kappa shape index (κ3) is 6.48. The van der Waals surface area contributed by atoms with E-state index in [9.17, 15) is 8.42 Å². The Labute approximate surface area is 128 Å². The van der Waals surface area contributed by atoms with Gasteiger partial charge in [-0.2, -0.15) is 0 Å². The van der Waals surface area contributed by atoms with Crippen LogP contribution in [0.5, 0.6) is 5.75 Å². The average molecular weight is 314 g/mol. The lowest BCUT2D eigenvalue weighted by molar-refractivity contribution is 0.0116. The monoisotopic (exact) mass is 314 g/mol. The Morgan fingerprint density at radius 1 is 1.19 bits per heavy atom. The van der Waals surface area contributed by atoms with Crippen LogP contribution in [-0.4, -0.2) is 33.5 Å². The third-order valence-corrected chi connectivity index (χ3v) is 4.66. The van der Waals surface area contributed by atoms with Crippen LogP contribution in [0.1, 0.15) is 40.0 Å². The van der Waals surface area contributed by atoms with Crippen molar-refractivity contribution in [1.82, 2.24) is 0 Å². The van der Waals surface area contributed by atoms with Gasteiger partial charge in [0.15, 0.2) is 9.84 Å². The van der Waals surface area contributed by atoms with Crippen LogP contribution in [0.4, 0.5) is 0 Å². The van der Waals surface area contributed by atoms with Crippen molar-refractivity contribution in [2.45, 2.75) is 56.6 Å². The Kier molecular flexibility index (Phi) is 6.23. The van der Waals surface area contributed by atoms with Gasteiger partial charge in [0.2, 0.25) is 0 Å². The predicted molar refractivity (Wildman–Crippen MR) is 84.6 cm³/mol. The van der Waals surface area contributed by atoms with Crippen molar-refractivity contribution in [3.63, 3.8) is 0 Å². The van der Waals surface area contributed by atoms with E-state index in [-0.39, 0.29) is 11.7 Å². The number of ether oxygens (including phenoxy) is 2. The first-order valence-corrected chi connectivity index (χ1v) is 9.05. The van der Waals surface area contributed by atoms with Gasteiger partial charge in [-0.15, -0.1) is 0 Å². The van der Waals surface area contributed by atoms with Gasteiger partial charge >= 0.3 is 0 Å². The molecule has 0 aliphatic carbocycles. The standard InChI is InChI=1S/C16H26O4S/c1-13(7-6-12-16(2,3)19-4)20-14-8-10-15(11-9-14)21(5,17)18/h8-11,13H,6-7,12H2,1-5H3. The lowest BCUT2D eigenvalue weighted by Crippen LogP contribution is -2.23. The van der Waals surface area contributed by atoms with Gasteiger partial charge in [0.1, 0.15) is 5.75 Å². The largest absolute Gasteiger partial charge is 0.491 e. The molecule has 0 heterocycles. The lowest BCUT2D eigenvalue weighted by atomic mass is 10.00. The summed E-state index contributed by atoms with van der Waals surface area (Å²) in [5.74, 6) is 0.695. The molecular weight excluding hydrogens is 288 g/mol. The number of hydrogen-bond acceptors (Lipinski definition) is 4. The van der Waals surface area contributed by atoms with Crippen LogP contribution in [0, 0.1) is 0 Å². The van der Waals surface area contributed by atoms with Gasteiger partial charge in [-0.3, -0.25) is 0 Å². The molecule has 4 nitrogen and oxygen atoms in total. The second kappa shape index (κ2) is 7.27. The molecule has 0 radical (unpaired) electrons. The SMILES string of the molecule is COC(C)(C)CCCC(C)Oc1ccc(S(C)(=O)=O)cc1. The Hall–Kier alpha value is -1.07. The topological polar surface area (TPSA) is 52.6 Å². The molecule has 5 heteroatoms. The predicted octanol–water partition coefficient (Wildman–Crippen LogP) is 3.45. The second-order valence-electron chi connectivity index (χ2n) is 6.03. The molecule has 0 aliphatic rings. The molecule has 0 aliphatic heterocycles. The zero-order chi connectivity index (χ0) is 16.1. The summed E-state index contributed by atoms with van der Waals surface area (Å²) in [5.41, 5.74) is -0.100. The van der Waals surface area contributed by atoms with E-state index >= 15 is 0 Å². The highest BCUT2D eigenvalue weighted by atomic mass is 32.2. The molecular formula is C16H26O4S. The van der Waals surface area contributed by atoms with Crippen molar-refractivity contribution >= 4 is 9.84 Å². The average Bonchev–Trinajstić information content (AvgIpc) is 2.38. The van der Waals surface area contributed by atoms with Gasteiger partial charge in [-0.05, 0) is 64.3 Å². The van der Waals surface area contributed by atoms with Crippen LogP contribution in [0.2, 0.25) is 0 Å². The highest BCUT2D eigenvalue weighted by Gasteiger charge is 2.16. The summed E-state index contributed by atoms with van der Waals surface area (Å²) >= 11 is 0. The number of rotatable bonds is 8. The van der Waals surface area contributed by atoms with E-state index < -0.39 is 9.84 Å². The summed E-state index contributed by atoms with van der Waals surface area (Å²) in [6.45, 7) is 6.16. The molecule has 1 atom stereocenters. The van der Waals surface area contributed by atoms with Gasteiger partial charge < -0.3 is 9.47 Å². The van der Waals surface area contributed by atoms with Crippen molar-refractivity contribution in [1.29, 1.82) is 0 Å². The van der Waals surface area contributed by atoms with E-state index in [0.29, 0.717) is 10.6 Å². The Morgan fingerprint density at radius 3 is 2.24 bits per heavy atom. The Balaban J connectivity index is 2.47. The van der Waals surface area contributed by atoms with Crippen LogP contribution < -0.4 is 4.74 Å². The molecule has 0 saturated carbocycles. The number of hydrogen-bond donors (Lipinski definition) is 0. The third-order valence-electron chi connectivity index (χ3n) is 3.53. The summed E-state index contributed by atoms with van der Waals surface area (Å²) in [6, 6.07) is 6.55. The summed E-state index contributed by atoms with van der Waals surface area (Å²) in [6.07, 6.45) is 4.21. The first kappa shape index (κ1) is 18.0. The minimum atomic E-state index is -3.15. The van der Waals surface area contributed by atoms with E-state index in [1.165, 1.54) is 6.26 Å². The first-order valence-electron chi connectivity index (χ1n) is 7.16. The van der Waals surface area contributed by atoms with Gasteiger partial charge in [0.25, 0.3) is 0 Å². The minimum absolute atomic E-state index is 0.0849. The molecule has 0 N–H and O–H groups in total. The molecule has 0 saturated heterocycles. The fourth-order valence-corrected chi connectivity index (χ4v) is 2.60. The molecule has 0 amide bonds. The van der Waals surface area contributed by atoms with Crippen molar-refractivity contribution in [3.8, 4) is 5.75 Å². The summed E-state index contributed by atoms with van der Waals surface area (Å²) < 4.78 is 33.9. The lowest BCUT2D eigenvalue weighted by Gasteiger charge is -2.23. The van der Waals surface area contributed by atoms with Crippen molar-refractivity contribution in [2.24, 2.45) is 0 Å². The highest BCUT2D eigenvalue weighted by molar-refractivity contribution is 7.90. The molecule has 21 heavy (non-hydrogen) atoms. The summed E-state index contributed by atoms with van der Waals surface area (Å²) in [7, 11) is -1.43. The minimum Gasteiger partial charge on any atom is -0.491 e. The van der Waals surface area contributed by atoms with Gasteiger partial charge in [-0.1, -0.05) is 0 Å². The van der Waals surface area contributed by atoms with E-state index in [1.807, 2.05) is 6.92 Å². The van der Waals surface area contributed by atoms with Crippen LogP contribution in [0.15, 0.2) is 29.2 Å². The number of methoxy groups -OCH3 is 1. The first-order chi connectivity index (χ1) is 9.64. The maximum atomic E-state index is 11.4. The Bertz CT molecular complexity index is 532. The van der Waals surface area contributed by atoms with Crippen LogP contribution in [-0.2, 0) is 14.6 Å². The summed E-state index contributed by atoms with van der Waals surface area (Å²) in [4.78, 5) is 0.310. The normalized spacial score (nSPS) is 14.0. The molecule has 0 bridgehead atoms. The maximum Gasteiger partial charge on any atom is 0.175 e. The number of sulfone groups is 1. The van der Waals surface area contributed by atoms with Gasteiger partial charge in [-0.25, -0.2) is 8.42 Å². The molecule has 120 valence electrons. The van der Waals surface area contributed by atoms with Gasteiger partial charge in [0, 0.05) is 13.4 Å². The maximum absolute atomic E-state index is 11.4. The van der Waals surface area contributed by atoms with Crippen LogP contribution in [0.3, 0.4) is 0 Å². The number of benzene rings is 1. The van der Waals surface area contributed by atoms with E-state index in [1.54, 1.807) is 31.4 Å². The van der Waals surface area contributed by atoms with Gasteiger partial charge in [0.05, 0.1) is 16.6 Å². The zero-order valence-electron chi connectivity index (χ0n) is 13.5. The van der Waals surface area contributed by atoms with E-state index in [2.05, 4.69) is 13.8 Å². The highest BCUT2D eigenvalue weighted by Crippen LogP contribution is 2.21. The van der Waals surface area contributed by atoms with Crippen molar-refractivity contribution in [3.05, 3.63) is 24.3 Å². The molecule has 0 fully saturated rings. The second-order valence-corrected chi connectivity index (χ2v) is 8.04. The molecule has 1 aromatic carbocycles.